The summed E-state index contributed by atoms with van der Waals surface area (Å²) >= 11 is 0. The smallest absolute Gasteiger partial charge is 0.425 e. The lowest BCUT2D eigenvalue weighted by molar-refractivity contribution is 0.0428. The van der Waals surface area contributed by atoms with E-state index < -0.39 is 23.4 Å². The fourth-order valence-electron chi connectivity index (χ4n) is 2.43. The van der Waals surface area contributed by atoms with Crippen LogP contribution in [-0.4, -0.2) is 50.9 Å². The number of nitrogen functional groups attached to an aromatic ring is 2. The van der Waals surface area contributed by atoms with Gasteiger partial charge in [-0.3, -0.25) is 14.6 Å². The van der Waals surface area contributed by atoms with Crippen LogP contribution >= 0.6 is 0 Å². The molecule has 0 bridgehead atoms. The van der Waals surface area contributed by atoms with Crippen LogP contribution in [0.25, 0.3) is 4.85 Å². The summed E-state index contributed by atoms with van der Waals surface area (Å²) in [6, 6.07) is 9.26. The predicted octanol–water partition coefficient (Wildman–Crippen LogP) is 5.26. The quantitative estimate of drug-likeness (QED) is 0.313. The van der Waals surface area contributed by atoms with Crippen molar-refractivity contribution in [3.8, 4) is 0 Å². The van der Waals surface area contributed by atoms with E-state index in [4.69, 9.17) is 27.5 Å². The molecular weight excluding hydrogens is 530 g/mol. The molecule has 13 heteroatoms. The summed E-state index contributed by atoms with van der Waals surface area (Å²) in [6.45, 7) is 16.6. The molecule has 0 spiro atoms. The first-order valence-corrected chi connectivity index (χ1v) is 12.0. The lowest BCUT2D eigenvalue weighted by atomic mass is 10.2. The summed E-state index contributed by atoms with van der Waals surface area (Å²) < 4.78 is 10.4. The molecule has 3 heterocycles. The molecule has 216 valence electrons. The highest BCUT2D eigenvalue weighted by Gasteiger charge is 2.33. The van der Waals surface area contributed by atoms with Crippen LogP contribution in [0, 0.1) is 6.57 Å². The highest BCUT2D eigenvalue weighted by Crippen LogP contribution is 2.20. The zero-order valence-electron chi connectivity index (χ0n) is 23.7. The number of pyridine rings is 3. The van der Waals surface area contributed by atoms with Crippen molar-refractivity contribution >= 4 is 47.9 Å². The topological polar surface area (TPSA) is 185 Å². The van der Waals surface area contributed by atoms with Gasteiger partial charge in [-0.2, -0.15) is 4.90 Å². The molecule has 0 radical (unpaired) electrons. The van der Waals surface area contributed by atoms with Crippen LogP contribution in [0.5, 0.6) is 0 Å². The summed E-state index contributed by atoms with van der Waals surface area (Å²) in [4.78, 5) is 60.6. The molecule has 0 aromatic carbocycles. The maximum absolute atomic E-state index is 12.3. The third-order valence-electron chi connectivity index (χ3n) is 4.13. The van der Waals surface area contributed by atoms with Gasteiger partial charge in [-0.1, -0.05) is 6.07 Å². The number of aromatic nitrogens is 3. The number of ether oxygens (including phenoxy) is 2. The maximum atomic E-state index is 12.3. The van der Waals surface area contributed by atoms with Crippen molar-refractivity contribution in [1.29, 1.82) is 0 Å². The minimum Gasteiger partial charge on any atom is -0.443 e. The van der Waals surface area contributed by atoms with Crippen molar-refractivity contribution in [3.05, 3.63) is 77.5 Å². The first kappa shape index (κ1) is 33.6. The summed E-state index contributed by atoms with van der Waals surface area (Å²) in [6.07, 6.45) is 3.67. The van der Waals surface area contributed by atoms with Gasteiger partial charge in [0, 0.05) is 29.7 Å². The van der Waals surface area contributed by atoms with Crippen LogP contribution < -0.4 is 16.4 Å². The Bertz CT molecular complexity index is 1310. The zero-order valence-corrected chi connectivity index (χ0v) is 23.7. The van der Waals surface area contributed by atoms with Gasteiger partial charge >= 0.3 is 12.2 Å². The van der Waals surface area contributed by atoms with Crippen molar-refractivity contribution in [2.75, 3.05) is 16.4 Å². The van der Waals surface area contributed by atoms with Gasteiger partial charge in [0.15, 0.2) is 12.6 Å². The summed E-state index contributed by atoms with van der Waals surface area (Å²) in [7, 11) is 0. The number of anilines is 3. The van der Waals surface area contributed by atoms with Gasteiger partial charge in [0.2, 0.25) is 5.69 Å². The van der Waals surface area contributed by atoms with E-state index in [1.165, 1.54) is 30.7 Å². The van der Waals surface area contributed by atoms with E-state index in [0.717, 1.165) is 6.29 Å². The molecular formula is C28H33N7O6. The first-order valence-electron chi connectivity index (χ1n) is 12.0. The minimum absolute atomic E-state index is 0.0131. The highest BCUT2D eigenvalue weighted by molar-refractivity contribution is 6.08. The Morgan fingerprint density at radius 1 is 0.756 bits per heavy atom. The second kappa shape index (κ2) is 15.3. The van der Waals surface area contributed by atoms with Crippen LogP contribution in [0.1, 0.15) is 62.3 Å². The number of aldehydes is 2. The number of nitrogens with zero attached hydrogens (tertiary/aromatic N) is 5. The number of hydrogen-bond acceptors (Lipinski definition) is 11. The molecule has 0 unspecified atom stereocenters. The van der Waals surface area contributed by atoms with Gasteiger partial charge in [0.05, 0.1) is 6.57 Å². The molecule has 4 N–H and O–H groups in total. The van der Waals surface area contributed by atoms with E-state index in [2.05, 4.69) is 19.8 Å². The Labute approximate surface area is 238 Å². The normalized spacial score (nSPS) is 10.3. The average Bonchev–Trinajstić information content (AvgIpc) is 2.89. The molecule has 2 amide bonds. The van der Waals surface area contributed by atoms with E-state index in [9.17, 15) is 19.2 Å². The predicted molar refractivity (Wildman–Crippen MR) is 154 cm³/mol. The number of hydrogen-bond donors (Lipinski definition) is 2. The molecule has 0 aliphatic heterocycles. The fourth-order valence-corrected chi connectivity index (χ4v) is 2.43. The second-order valence-electron chi connectivity index (χ2n) is 10.1. The van der Waals surface area contributed by atoms with Gasteiger partial charge in [0.25, 0.3) is 0 Å². The summed E-state index contributed by atoms with van der Waals surface area (Å²) in [5.41, 5.74) is 10.3. The number of rotatable bonds is 3. The molecule has 0 atom stereocenters. The third-order valence-corrected chi connectivity index (χ3v) is 4.13. The van der Waals surface area contributed by atoms with E-state index >= 15 is 0 Å². The number of carbonyl (C=O) groups excluding carboxylic acids is 4. The maximum Gasteiger partial charge on any atom is 0.425 e. The monoisotopic (exact) mass is 563 g/mol. The van der Waals surface area contributed by atoms with Crippen LogP contribution in [0.2, 0.25) is 0 Å². The molecule has 0 saturated carbocycles. The molecule has 13 nitrogen and oxygen atoms in total. The highest BCUT2D eigenvalue weighted by atomic mass is 16.6. The van der Waals surface area contributed by atoms with Crippen molar-refractivity contribution in [1.82, 2.24) is 15.0 Å². The third kappa shape index (κ3) is 13.3. The summed E-state index contributed by atoms with van der Waals surface area (Å²) in [5.74, 6) is 0.891. The molecule has 41 heavy (non-hydrogen) atoms. The number of imide groups is 1. The van der Waals surface area contributed by atoms with Gasteiger partial charge in [-0.05, 0) is 71.9 Å². The van der Waals surface area contributed by atoms with E-state index in [1.54, 1.807) is 65.8 Å². The molecule has 3 rings (SSSR count). The van der Waals surface area contributed by atoms with Crippen LogP contribution in [0.4, 0.5) is 32.7 Å². The fraction of sp³-hybridized carbons (Fsp3) is 0.286. The van der Waals surface area contributed by atoms with E-state index in [-0.39, 0.29) is 5.82 Å². The molecule has 0 aliphatic rings. The average molecular weight is 564 g/mol. The molecule has 0 fully saturated rings. The van der Waals surface area contributed by atoms with Crippen molar-refractivity contribution < 1.29 is 28.7 Å². The minimum atomic E-state index is -0.905. The Morgan fingerprint density at radius 2 is 1.20 bits per heavy atom. The molecule has 0 aliphatic carbocycles. The number of nitrogens with two attached hydrogens (primary N) is 2. The Balaban J connectivity index is 0.000000377. The Morgan fingerprint density at radius 3 is 1.51 bits per heavy atom. The molecule has 3 aromatic heterocycles. The van der Waals surface area contributed by atoms with Crippen LogP contribution in [-0.2, 0) is 9.47 Å². The van der Waals surface area contributed by atoms with Gasteiger partial charge in [-0.15, -0.1) is 0 Å². The van der Waals surface area contributed by atoms with Crippen molar-refractivity contribution in [2.45, 2.75) is 52.7 Å². The van der Waals surface area contributed by atoms with Gasteiger partial charge < -0.3 is 20.9 Å². The Kier molecular flexibility index (Phi) is 12.5. The van der Waals surface area contributed by atoms with E-state index in [0.29, 0.717) is 39.6 Å². The SMILES string of the molecule is CC(C)(C)OC(=O)N(C(=O)OC(C)(C)C)c1ccc(C=O)cn1.Nc1ccc(C=O)cn1.[C-]#[N+]c1ccc(N)nc1. The first-order chi connectivity index (χ1) is 19.1. The number of amides is 2. The molecule has 3 aromatic rings. The van der Waals surface area contributed by atoms with Crippen LogP contribution in [0.3, 0.4) is 0 Å². The van der Waals surface area contributed by atoms with E-state index in [1.807, 2.05) is 0 Å². The van der Waals surface area contributed by atoms with Crippen molar-refractivity contribution in [2.24, 2.45) is 0 Å². The van der Waals surface area contributed by atoms with Gasteiger partial charge in [-0.25, -0.2) is 24.4 Å². The zero-order chi connectivity index (χ0) is 31.2. The van der Waals surface area contributed by atoms with Crippen molar-refractivity contribution in [3.63, 3.8) is 0 Å². The standard InChI is InChI=1S/C16H22N2O5.C6H5N3.C6H6N2O/c1-15(2,3)22-13(20)18(14(21)23-16(4,5)6)12-8-7-11(10-19)9-17-12;1-8-5-2-3-6(7)9-4-5;7-6-2-1-5(4-9)3-8-6/h7-10H,1-6H3;2-4H,(H2,7,9);1-4H,(H2,7,8). The Hall–Kier alpha value is -5.38. The number of carbonyl (C=O) groups is 4. The van der Waals surface area contributed by atoms with Crippen LogP contribution in [0.15, 0.2) is 55.0 Å². The largest absolute Gasteiger partial charge is 0.443 e. The lowest BCUT2D eigenvalue weighted by Gasteiger charge is -2.28. The molecule has 0 saturated heterocycles. The van der Waals surface area contributed by atoms with Gasteiger partial charge in [0.1, 0.15) is 28.7 Å². The second-order valence-corrected chi connectivity index (χ2v) is 10.1. The summed E-state index contributed by atoms with van der Waals surface area (Å²) in [5, 5.41) is 0. The lowest BCUT2D eigenvalue weighted by Crippen LogP contribution is -2.44.